The Hall–Kier alpha value is -2.35. The summed E-state index contributed by atoms with van der Waals surface area (Å²) in [5.41, 5.74) is 2.29. The Morgan fingerprint density at radius 1 is 1.17 bits per heavy atom. The van der Waals surface area contributed by atoms with Gasteiger partial charge in [-0.2, -0.15) is 5.26 Å². The quantitative estimate of drug-likeness (QED) is 0.657. The van der Waals surface area contributed by atoms with E-state index < -0.39 is 0 Å². The molecule has 0 spiro atoms. The molecule has 0 saturated carbocycles. The molecule has 0 aliphatic carbocycles. The first-order valence-corrected chi connectivity index (χ1v) is 7.92. The second kappa shape index (κ2) is 10.4. The third-order valence-electron chi connectivity index (χ3n) is 3.49. The van der Waals surface area contributed by atoms with Crippen LogP contribution >= 0.6 is 0 Å². The summed E-state index contributed by atoms with van der Waals surface area (Å²) in [6.45, 7) is 4.75. The van der Waals surface area contributed by atoms with Crippen molar-refractivity contribution >= 4 is 11.9 Å². The van der Waals surface area contributed by atoms with Crippen molar-refractivity contribution in [1.82, 2.24) is 4.90 Å². The zero-order valence-corrected chi connectivity index (χ0v) is 13.9. The lowest BCUT2D eigenvalue weighted by molar-refractivity contribution is -0.144. The maximum Gasteiger partial charge on any atom is 0.307 e. The second-order valence-corrected chi connectivity index (χ2v) is 5.33. The van der Waals surface area contributed by atoms with Crippen molar-refractivity contribution in [2.24, 2.45) is 0 Å². The van der Waals surface area contributed by atoms with Gasteiger partial charge >= 0.3 is 5.97 Å². The van der Waals surface area contributed by atoms with Gasteiger partial charge in [0, 0.05) is 19.5 Å². The van der Waals surface area contributed by atoms with Crippen LogP contribution in [0.1, 0.15) is 37.3 Å². The largest absolute Gasteiger partial charge is 0.466 e. The molecule has 0 fully saturated rings. The summed E-state index contributed by atoms with van der Waals surface area (Å²) in [6, 6.07) is 10.1. The van der Waals surface area contributed by atoms with Gasteiger partial charge in [-0.3, -0.25) is 9.59 Å². The van der Waals surface area contributed by atoms with E-state index in [-0.39, 0.29) is 24.7 Å². The zero-order chi connectivity index (χ0) is 17.1. The first-order chi connectivity index (χ1) is 11.1. The van der Waals surface area contributed by atoms with Gasteiger partial charge in [0.1, 0.15) is 0 Å². The highest BCUT2D eigenvalue weighted by Crippen LogP contribution is 2.08. The lowest BCUT2D eigenvalue weighted by Gasteiger charge is -2.21. The highest BCUT2D eigenvalue weighted by molar-refractivity contribution is 5.77. The maximum atomic E-state index is 12.3. The highest BCUT2D eigenvalue weighted by Gasteiger charge is 2.15. The molecule has 0 heterocycles. The number of hydrogen-bond donors (Lipinski definition) is 0. The summed E-state index contributed by atoms with van der Waals surface area (Å²) in [5, 5.41) is 8.71. The van der Waals surface area contributed by atoms with Crippen molar-refractivity contribution in [2.45, 2.75) is 39.5 Å². The Morgan fingerprint density at radius 3 is 2.48 bits per heavy atom. The first-order valence-electron chi connectivity index (χ1n) is 7.92. The van der Waals surface area contributed by atoms with Crippen LogP contribution in [0.4, 0.5) is 0 Å². The van der Waals surface area contributed by atoms with E-state index in [9.17, 15) is 9.59 Å². The normalized spacial score (nSPS) is 9.96. The van der Waals surface area contributed by atoms with Gasteiger partial charge in [0.05, 0.1) is 25.5 Å². The van der Waals surface area contributed by atoms with Crippen LogP contribution in [-0.4, -0.2) is 36.5 Å². The minimum Gasteiger partial charge on any atom is -0.466 e. The molecule has 0 aliphatic rings. The molecule has 0 unspecified atom stereocenters. The van der Waals surface area contributed by atoms with Gasteiger partial charge < -0.3 is 9.64 Å². The molecule has 1 aromatic carbocycles. The Morgan fingerprint density at radius 2 is 1.87 bits per heavy atom. The lowest BCUT2D eigenvalue weighted by Crippen LogP contribution is -2.34. The van der Waals surface area contributed by atoms with Crippen LogP contribution in [0.15, 0.2) is 24.3 Å². The maximum absolute atomic E-state index is 12.3. The molecule has 0 atom stereocenters. The van der Waals surface area contributed by atoms with E-state index in [2.05, 4.69) is 0 Å². The number of amides is 1. The van der Waals surface area contributed by atoms with Gasteiger partial charge in [-0.1, -0.05) is 29.8 Å². The summed E-state index contributed by atoms with van der Waals surface area (Å²) in [6.07, 6.45) is 1.45. The van der Waals surface area contributed by atoms with Crippen LogP contribution in [0.2, 0.25) is 0 Å². The minimum atomic E-state index is -0.319. The molecule has 5 heteroatoms. The van der Waals surface area contributed by atoms with Crippen LogP contribution in [0.25, 0.3) is 0 Å². The molecule has 0 aliphatic heterocycles. The zero-order valence-electron chi connectivity index (χ0n) is 13.9. The molecular weight excluding hydrogens is 292 g/mol. The number of nitrogens with zero attached hydrogens (tertiary/aromatic N) is 2. The summed E-state index contributed by atoms with van der Waals surface area (Å²) in [5.74, 6) is -0.356. The molecule has 23 heavy (non-hydrogen) atoms. The molecule has 0 radical (unpaired) electrons. The predicted molar refractivity (Wildman–Crippen MR) is 87.6 cm³/mol. The van der Waals surface area contributed by atoms with Gasteiger partial charge in [0.15, 0.2) is 0 Å². The molecule has 0 N–H and O–H groups in total. The Bertz CT molecular complexity index is 546. The van der Waals surface area contributed by atoms with E-state index in [1.165, 1.54) is 5.56 Å². The number of esters is 1. The van der Waals surface area contributed by atoms with E-state index in [1.54, 1.807) is 11.8 Å². The molecule has 1 amide bonds. The Kier molecular flexibility index (Phi) is 8.45. The van der Waals surface area contributed by atoms with Gasteiger partial charge in [-0.25, -0.2) is 0 Å². The summed E-state index contributed by atoms with van der Waals surface area (Å²) in [4.78, 5) is 25.3. The second-order valence-electron chi connectivity index (χ2n) is 5.33. The predicted octanol–water partition coefficient (Wildman–Crippen LogP) is 2.62. The number of rotatable bonds is 9. The fourth-order valence-corrected chi connectivity index (χ4v) is 2.17. The van der Waals surface area contributed by atoms with Crippen molar-refractivity contribution in [3.8, 4) is 6.07 Å². The smallest absolute Gasteiger partial charge is 0.307 e. The summed E-state index contributed by atoms with van der Waals surface area (Å²) < 4.78 is 4.88. The van der Waals surface area contributed by atoms with E-state index in [4.69, 9.17) is 10.00 Å². The number of benzene rings is 1. The van der Waals surface area contributed by atoms with E-state index >= 15 is 0 Å². The van der Waals surface area contributed by atoms with Crippen LogP contribution in [0.5, 0.6) is 0 Å². The Balaban J connectivity index is 2.51. The van der Waals surface area contributed by atoms with Crippen LogP contribution in [0.3, 0.4) is 0 Å². The van der Waals surface area contributed by atoms with Crippen LogP contribution in [-0.2, 0) is 20.7 Å². The van der Waals surface area contributed by atoms with Crippen molar-refractivity contribution in [2.75, 3.05) is 19.7 Å². The topological polar surface area (TPSA) is 70.4 Å². The minimum absolute atomic E-state index is 0.0369. The lowest BCUT2D eigenvalue weighted by atomic mass is 10.1. The third kappa shape index (κ3) is 7.46. The average Bonchev–Trinajstić information content (AvgIpc) is 2.54. The molecule has 5 nitrogen and oxygen atoms in total. The number of carbonyl (C=O) groups is 2. The number of aryl methyl sites for hydroxylation is 2. The molecular formula is C18H24N2O3. The van der Waals surface area contributed by atoms with Crippen LogP contribution < -0.4 is 0 Å². The van der Waals surface area contributed by atoms with Crippen molar-refractivity contribution < 1.29 is 14.3 Å². The number of ether oxygens (including phenoxy) is 1. The van der Waals surface area contributed by atoms with E-state index in [1.807, 2.05) is 37.3 Å². The number of nitriles is 1. The van der Waals surface area contributed by atoms with E-state index in [0.29, 0.717) is 32.5 Å². The van der Waals surface area contributed by atoms with Crippen molar-refractivity contribution in [3.63, 3.8) is 0 Å². The first kappa shape index (κ1) is 18.7. The van der Waals surface area contributed by atoms with Crippen molar-refractivity contribution in [3.05, 3.63) is 35.4 Å². The van der Waals surface area contributed by atoms with Gasteiger partial charge in [0.25, 0.3) is 0 Å². The van der Waals surface area contributed by atoms with Gasteiger partial charge in [0.2, 0.25) is 5.91 Å². The highest BCUT2D eigenvalue weighted by atomic mass is 16.5. The summed E-state index contributed by atoms with van der Waals surface area (Å²) >= 11 is 0. The van der Waals surface area contributed by atoms with Crippen LogP contribution in [0, 0.1) is 18.3 Å². The number of carbonyl (C=O) groups excluding carboxylic acids is 2. The van der Waals surface area contributed by atoms with E-state index in [0.717, 1.165) is 5.56 Å². The fraction of sp³-hybridized carbons (Fsp3) is 0.500. The molecule has 0 bridgehead atoms. The third-order valence-corrected chi connectivity index (χ3v) is 3.49. The molecule has 124 valence electrons. The molecule has 1 rings (SSSR count). The summed E-state index contributed by atoms with van der Waals surface area (Å²) in [7, 11) is 0. The molecule has 1 aromatic rings. The Labute approximate surface area is 137 Å². The van der Waals surface area contributed by atoms with Crippen molar-refractivity contribution in [1.29, 1.82) is 5.26 Å². The van der Waals surface area contributed by atoms with Gasteiger partial charge in [-0.15, -0.1) is 0 Å². The number of hydrogen-bond acceptors (Lipinski definition) is 4. The average molecular weight is 316 g/mol. The monoisotopic (exact) mass is 316 g/mol. The fourth-order valence-electron chi connectivity index (χ4n) is 2.17. The molecule has 0 aromatic heterocycles. The van der Waals surface area contributed by atoms with Gasteiger partial charge in [-0.05, 0) is 25.8 Å². The molecule has 0 saturated heterocycles. The standard InChI is InChI=1S/C18H24N2O3/c1-3-23-18(22)11-14-20(13-4-12-19)17(21)10-9-16-7-5-15(2)6-8-16/h5-8H,3-4,9-11,13-14H2,1-2H3. The SMILES string of the molecule is CCOC(=O)CCN(CCC#N)C(=O)CCc1ccc(C)cc1.